The Morgan fingerprint density at radius 3 is 2.19 bits per heavy atom. The lowest BCUT2D eigenvalue weighted by Crippen LogP contribution is -2.59. The predicted octanol–water partition coefficient (Wildman–Crippen LogP) is 9.02. The third kappa shape index (κ3) is 6.08. The van der Waals surface area contributed by atoms with Gasteiger partial charge in [0.2, 0.25) is 0 Å². The molecule has 234 valence electrons. The average molecular weight is 587 g/mol. The molecule has 4 saturated carbocycles. The smallest absolute Gasteiger partial charge is 0.305 e. The Morgan fingerprint density at radius 1 is 0.837 bits per heavy atom. The van der Waals surface area contributed by atoms with Crippen molar-refractivity contribution in [2.45, 2.75) is 110 Å². The van der Waals surface area contributed by atoms with Crippen molar-refractivity contribution in [3.8, 4) is 0 Å². The first kappa shape index (κ1) is 30.8. The topological polar surface area (TPSA) is 44.8 Å². The molecule has 4 aliphatic carbocycles. The summed E-state index contributed by atoms with van der Waals surface area (Å²) in [7, 11) is 1.51. The van der Waals surface area contributed by atoms with Gasteiger partial charge in [0, 0.05) is 6.42 Å². The lowest BCUT2D eigenvalue weighted by atomic mass is 9.43. The van der Waals surface area contributed by atoms with Crippen molar-refractivity contribution >= 4 is 5.97 Å². The number of methoxy groups -OCH3 is 1. The maximum absolute atomic E-state index is 12.1. The highest BCUT2D eigenvalue weighted by atomic mass is 16.5. The van der Waals surface area contributed by atoms with Crippen LogP contribution in [0.15, 0.2) is 60.7 Å². The zero-order valence-electron chi connectivity index (χ0n) is 27.0. The van der Waals surface area contributed by atoms with Gasteiger partial charge in [-0.2, -0.15) is 0 Å². The van der Waals surface area contributed by atoms with E-state index in [1.165, 1.54) is 69.6 Å². The molecule has 4 nitrogen and oxygen atoms in total. The van der Waals surface area contributed by atoms with Gasteiger partial charge >= 0.3 is 5.97 Å². The van der Waals surface area contributed by atoms with Crippen LogP contribution in [0, 0.1) is 46.3 Å². The number of hydrogen-bond acceptors (Lipinski definition) is 4. The fourth-order valence-corrected chi connectivity index (χ4v) is 10.7. The zero-order valence-corrected chi connectivity index (χ0v) is 27.0. The van der Waals surface area contributed by atoms with Crippen LogP contribution in [-0.4, -0.2) is 25.3 Å². The molecule has 0 aliphatic heterocycles. The molecule has 0 bridgehead atoms. The maximum atomic E-state index is 12.1. The van der Waals surface area contributed by atoms with E-state index in [9.17, 15) is 4.79 Å². The Hall–Kier alpha value is -2.17. The number of rotatable bonds is 10. The van der Waals surface area contributed by atoms with E-state index < -0.39 is 0 Å². The quantitative estimate of drug-likeness (QED) is 0.261. The van der Waals surface area contributed by atoms with Crippen LogP contribution in [0.25, 0.3) is 0 Å². The highest BCUT2D eigenvalue weighted by Gasteiger charge is 2.64. The summed E-state index contributed by atoms with van der Waals surface area (Å²) < 4.78 is 18.6. The van der Waals surface area contributed by atoms with Gasteiger partial charge in [-0.05, 0) is 115 Å². The van der Waals surface area contributed by atoms with Crippen molar-refractivity contribution in [1.29, 1.82) is 0 Å². The summed E-state index contributed by atoms with van der Waals surface area (Å²) in [5.41, 5.74) is 3.05. The van der Waals surface area contributed by atoms with E-state index in [2.05, 4.69) is 81.4 Å². The fraction of sp³-hybridized carbons (Fsp3) is 0.667. The van der Waals surface area contributed by atoms with Crippen LogP contribution in [0.3, 0.4) is 0 Å². The molecule has 4 aliphatic rings. The monoisotopic (exact) mass is 586 g/mol. The molecule has 0 saturated heterocycles. The van der Waals surface area contributed by atoms with Crippen LogP contribution in [-0.2, 0) is 32.2 Å². The van der Waals surface area contributed by atoms with E-state index in [1.54, 1.807) is 0 Å². The molecule has 2 aromatic rings. The third-order valence-corrected chi connectivity index (χ3v) is 13.1. The summed E-state index contributed by atoms with van der Waals surface area (Å²) in [5.74, 6) is 3.91. The van der Waals surface area contributed by atoms with Crippen LogP contribution in [0.2, 0.25) is 0 Å². The van der Waals surface area contributed by atoms with Gasteiger partial charge in [-0.15, -0.1) is 0 Å². The first-order valence-corrected chi connectivity index (χ1v) is 17.2. The van der Waals surface area contributed by atoms with Crippen LogP contribution in [0.4, 0.5) is 0 Å². The SMILES string of the molecule is COC(=O)CC[C@@H](C)[C@H]1CC[C@H]2[C@@H]3CC[C@@H]4C[C@H](OCc5ccccc5)CC[C@]4(C)[C@H]3C[C@H](OCc3ccccc3)[C@]12C. The maximum Gasteiger partial charge on any atom is 0.305 e. The molecule has 43 heavy (non-hydrogen) atoms. The van der Waals surface area contributed by atoms with Crippen LogP contribution >= 0.6 is 0 Å². The van der Waals surface area contributed by atoms with E-state index in [-0.39, 0.29) is 17.5 Å². The van der Waals surface area contributed by atoms with Gasteiger partial charge in [0.25, 0.3) is 0 Å². The van der Waals surface area contributed by atoms with Gasteiger partial charge in [-0.1, -0.05) is 81.4 Å². The third-order valence-electron chi connectivity index (χ3n) is 13.1. The number of esters is 1. The number of ether oxygens (including phenoxy) is 3. The molecule has 10 atom stereocenters. The van der Waals surface area contributed by atoms with Crippen molar-refractivity contribution in [3.05, 3.63) is 71.8 Å². The van der Waals surface area contributed by atoms with Gasteiger partial charge in [0.15, 0.2) is 0 Å². The summed E-state index contributed by atoms with van der Waals surface area (Å²) in [5, 5.41) is 0. The summed E-state index contributed by atoms with van der Waals surface area (Å²) in [6, 6.07) is 21.4. The Morgan fingerprint density at radius 2 is 1.51 bits per heavy atom. The molecule has 2 aromatic carbocycles. The molecule has 4 fully saturated rings. The first-order chi connectivity index (χ1) is 20.8. The predicted molar refractivity (Wildman–Crippen MR) is 171 cm³/mol. The van der Waals surface area contributed by atoms with Crippen molar-refractivity contribution in [3.63, 3.8) is 0 Å². The molecule has 0 radical (unpaired) electrons. The number of hydrogen-bond donors (Lipinski definition) is 0. The fourth-order valence-electron chi connectivity index (χ4n) is 10.7. The van der Waals surface area contributed by atoms with Gasteiger partial charge in [0.1, 0.15) is 0 Å². The van der Waals surface area contributed by atoms with Crippen LogP contribution in [0.5, 0.6) is 0 Å². The minimum Gasteiger partial charge on any atom is -0.469 e. The summed E-state index contributed by atoms with van der Waals surface area (Å²) in [4.78, 5) is 12.1. The lowest BCUT2D eigenvalue weighted by Gasteiger charge is -2.63. The van der Waals surface area contributed by atoms with Crippen molar-refractivity contribution in [2.24, 2.45) is 46.3 Å². The second-order valence-electron chi connectivity index (χ2n) is 15.0. The Balaban J connectivity index is 1.21. The van der Waals surface area contributed by atoms with E-state index in [4.69, 9.17) is 14.2 Å². The minimum absolute atomic E-state index is 0.0817. The first-order valence-electron chi connectivity index (χ1n) is 17.2. The Labute approximate surface area is 260 Å². The van der Waals surface area contributed by atoms with Gasteiger partial charge in [-0.25, -0.2) is 0 Å². The lowest BCUT2D eigenvalue weighted by molar-refractivity contribution is -0.196. The Bertz CT molecular complexity index is 1200. The Kier molecular flexibility index (Phi) is 9.36. The van der Waals surface area contributed by atoms with Crippen molar-refractivity contribution < 1.29 is 19.0 Å². The molecule has 0 aromatic heterocycles. The molecule has 0 unspecified atom stereocenters. The zero-order chi connectivity index (χ0) is 30.0. The molecule has 0 N–H and O–H groups in total. The van der Waals surface area contributed by atoms with Gasteiger partial charge in [0.05, 0.1) is 32.5 Å². The van der Waals surface area contributed by atoms with E-state index in [0.717, 1.165) is 24.9 Å². The summed E-state index contributed by atoms with van der Waals surface area (Å²) in [6.45, 7) is 9.02. The standard InChI is InChI=1S/C39H54O4/c1-27(15-20-37(40)41-4)33-18-19-34-32-17-16-30-23-31(42-25-28-11-7-5-8-12-28)21-22-38(30,2)35(32)24-36(39(33,34)3)43-26-29-13-9-6-10-14-29/h5-14,27,30-36H,15-26H2,1-4H3/t27-,30-,31-,32+,33-,34+,35+,36+,38+,39-/m1/s1. The summed E-state index contributed by atoms with van der Waals surface area (Å²) >= 11 is 0. The molecule has 0 amide bonds. The van der Waals surface area contributed by atoms with Crippen LogP contribution < -0.4 is 0 Å². The van der Waals surface area contributed by atoms with Crippen molar-refractivity contribution in [1.82, 2.24) is 0 Å². The highest BCUT2D eigenvalue weighted by molar-refractivity contribution is 5.69. The second kappa shape index (κ2) is 13.1. The highest BCUT2D eigenvalue weighted by Crippen LogP contribution is 2.69. The molecular weight excluding hydrogens is 532 g/mol. The molecule has 6 rings (SSSR count). The van der Waals surface area contributed by atoms with Crippen LogP contribution in [0.1, 0.15) is 96.1 Å². The molecule has 0 spiro atoms. The van der Waals surface area contributed by atoms with Gasteiger partial charge < -0.3 is 14.2 Å². The number of carbonyl (C=O) groups is 1. The minimum atomic E-state index is -0.0817. The second-order valence-corrected chi connectivity index (χ2v) is 15.0. The van der Waals surface area contributed by atoms with E-state index in [0.29, 0.717) is 48.2 Å². The number of benzene rings is 2. The number of fused-ring (bicyclic) bond motifs is 5. The molecule has 4 heteroatoms. The van der Waals surface area contributed by atoms with E-state index in [1.807, 2.05) is 0 Å². The van der Waals surface area contributed by atoms with E-state index >= 15 is 0 Å². The summed E-state index contributed by atoms with van der Waals surface area (Å²) in [6.07, 6.45) is 12.1. The van der Waals surface area contributed by atoms with Crippen molar-refractivity contribution in [2.75, 3.05) is 7.11 Å². The van der Waals surface area contributed by atoms with Gasteiger partial charge in [-0.3, -0.25) is 4.79 Å². The normalized spacial score (nSPS) is 37.5. The largest absolute Gasteiger partial charge is 0.469 e. The number of carbonyl (C=O) groups excluding carboxylic acids is 1. The molecular formula is C39H54O4. The molecule has 0 heterocycles. The average Bonchev–Trinajstić information content (AvgIpc) is 3.40.